The molecular formula is C15H18Br2N2S. The number of nitrogens with one attached hydrogen (secondary N) is 1. The number of rotatable bonds is 1. The summed E-state index contributed by atoms with van der Waals surface area (Å²) in [7, 11) is 0. The minimum atomic E-state index is 0.217. The fourth-order valence-electron chi connectivity index (χ4n) is 2.94. The van der Waals surface area contributed by atoms with Crippen LogP contribution in [-0.4, -0.2) is 16.5 Å². The number of hydrogen-bond acceptors (Lipinski definition) is 3. The Balaban J connectivity index is 1.80. The lowest BCUT2D eigenvalue weighted by Crippen LogP contribution is -2.29. The molecular weight excluding hydrogens is 400 g/mol. The molecule has 1 saturated carbocycles. The van der Waals surface area contributed by atoms with E-state index in [1.165, 1.54) is 37.7 Å². The van der Waals surface area contributed by atoms with Crippen molar-refractivity contribution >= 4 is 54.5 Å². The summed E-state index contributed by atoms with van der Waals surface area (Å²) in [6.07, 6.45) is 6.53. The molecule has 1 fully saturated rings. The van der Waals surface area contributed by atoms with Crippen molar-refractivity contribution in [2.75, 3.05) is 11.1 Å². The van der Waals surface area contributed by atoms with E-state index in [1.54, 1.807) is 0 Å². The number of anilines is 1. The predicted molar refractivity (Wildman–Crippen MR) is 95.9 cm³/mol. The molecule has 0 unspecified atom stereocenters. The van der Waals surface area contributed by atoms with Gasteiger partial charge in [0.25, 0.3) is 0 Å². The highest BCUT2D eigenvalue weighted by molar-refractivity contribution is 9.11. The second-order valence-electron chi connectivity index (χ2n) is 5.72. The summed E-state index contributed by atoms with van der Waals surface area (Å²) in [5.74, 6) is 1.14. The van der Waals surface area contributed by atoms with E-state index in [0.717, 1.165) is 25.6 Å². The Labute approximate surface area is 141 Å². The van der Waals surface area contributed by atoms with Crippen molar-refractivity contribution in [1.29, 1.82) is 0 Å². The highest BCUT2D eigenvalue weighted by atomic mass is 79.9. The van der Waals surface area contributed by atoms with Gasteiger partial charge in [-0.15, -0.1) is 0 Å². The standard InChI is InChI=1S/C15H18Br2N2S/c1-10-7-11(16)13(12(17)8-10)18-14-19-15(9-20-14)5-3-2-4-6-15/h7-8H,2-6,9H2,1H3,(H,18,19). The van der Waals surface area contributed by atoms with E-state index in [-0.39, 0.29) is 5.54 Å². The van der Waals surface area contributed by atoms with Gasteiger partial charge in [-0.25, -0.2) is 0 Å². The first-order valence-corrected chi connectivity index (χ1v) is 9.60. The first-order chi connectivity index (χ1) is 9.58. The Kier molecular flexibility index (Phi) is 4.48. The number of benzene rings is 1. The van der Waals surface area contributed by atoms with E-state index in [0.29, 0.717) is 0 Å². The van der Waals surface area contributed by atoms with Gasteiger partial charge in [0.2, 0.25) is 0 Å². The highest BCUT2D eigenvalue weighted by Crippen LogP contribution is 2.41. The van der Waals surface area contributed by atoms with Crippen molar-refractivity contribution in [3.63, 3.8) is 0 Å². The lowest BCUT2D eigenvalue weighted by atomic mass is 9.84. The summed E-state index contributed by atoms with van der Waals surface area (Å²) in [4.78, 5) is 5.01. The third kappa shape index (κ3) is 3.09. The molecule has 0 aromatic heterocycles. The molecule has 1 aromatic rings. The van der Waals surface area contributed by atoms with Crippen molar-refractivity contribution < 1.29 is 0 Å². The normalized spacial score (nSPS) is 21.1. The Morgan fingerprint density at radius 1 is 1.15 bits per heavy atom. The van der Waals surface area contributed by atoms with Crippen molar-refractivity contribution in [3.8, 4) is 0 Å². The summed E-state index contributed by atoms with van der Waals surface area (Å²) in [6.45, 7) is 2.10. The monoisotopic (exact) mass is 416 g/mol. The van der Waals surface area contributed by atoms with E-state index < -0.39 is 0 Å². The second kappa shape index (κ2) is 6.01. The summed E-state index contributed by atoms with van der Waals surface area (Å²) >= 11 is 9.13. The molecule has 3 rings (SSSR count). The van der Waals surface area contributed by atoms with Crippen LogP contribution in [0.3, 0.4) is 0 Å². The number of halogens is 2. The average molecular weight is 418 g/mol. The van der Waals surface area contributed by atoms with Crippen LogP contribution in [0.4, 0.5) is 5.69 Å². The van der Waals surface area contributed by atoms with Gasteiger partial charge in [-0.3, -0.25) is 4.99 Å². The van der Waals surface area contributed by atoms with Crippen LogP contribution in [0, 0.1) is 6.92 Å². The highest BCUT2D eigenvalue weighted by Gasteiger charge is 2.36. The number of hydrogen-bond donors (Lipinski definition) is 1. The third-order valence-corrected chi connectivity index (χ3v) is 6.42. The maximum absolute atomic E-state index is 5.01. The molecule has 0 radical (unpaired) electrons. The minimum absolute atomic E-state index is 0.217. The van der Waals surface area contributed by atoms with Crippen LogP contribution in [0.25, 0.3) is 0 Å². The average Bonchev–Trinajstić information content (AvgIpc) is 2.77. The number of nitrogens with zero attached hydrogens (tertiary/aromatic N) is 1. The van der Waals surface area contributed by atoms with Crippen LogP contribution in [0.1, 0.15) is 37.7 Å². The lowest BCUT2D eigenvalue weighted by molar-refractivity contribution is 0.335. The van der Waals surface area contributed by atoms with E-state index in [1.807, 2.05) is 11.8 Å². The number of amidine groups is 1. The topological polar surface area (TPSA) is 24.4 Å². The van der Waals surface area contributed by atoms with Crippen LogP contribution in [0.5, 0.6) is 0 Å². The smallest absolute Gasteiger partial charge is 0.161 e. The summed E-state index contributed by atoms with van der Waals surface area (Å²) < 4.78 is 2.16. The van der Waals surface area contributed by atoms with E-state index in [9.17, 15) is 0 Å². The van der Waals surface area contributed by atoms with Crippen LogP contribution < -0.4 is 5.32 Å². The zero-order valence-electron chi connectivity index (χ0n) is 11.5. The first kappa shape index (κ1) is 14.9. The van der Waals surface area contributed by atoms with Gasteiger partial charge in [-0.2, -0.15) is 0 Å². The Morgan fingerprint density at radius 2 is 1.80 bits per heavy atom. The number of thioether (sulfide) groups is 1. The summed E-state index contributed by atoms with van der Waals surface area (Å²) in [5, 5.41) is 4.56. The zero-order valence-corrected chi connectivity index (χ0v) is 15.5. The van der Waals surface area contributed by atoms with Crippen LogP contribution in [0.15, 0.2) is 26.1 Å². The fourth-order valence-corrected chi connectivity index (χ4v) is 5.74. The van der Waals surface area contributed by atoms with Gasteiger partial charge in [0.1, 0.15) is 0 Å². The third-order valence-electron chi connectivity index (χ3n) is 4.02. The van der Waals surface area contributed by atoms with Crippen LogP contribution in [0.2, 0.25) is 0 Å². The summed E-state index contributed by atoms with van der Waals surface area (Å²) in [6, 6.07) is 4.26. The van der Waals surface area contributed by atoms with Crippen molar-refractivity contribution in [2.24, 2.45) is 4.99 Å². The molecule has 20 heavy (non-hydrogen) atoms. The van der Waals surface area contributed by atoms with E-state index in [2.05, 4.69) is 56.2 Å². The molecule has 0 amide bonds. The predicted octanol–water partition coefficient (Wildman–Crippen LogP) is 5.74. The van der Waals surface area contributed by atoms with Gasteiger partial charge in [-0.05, 0) is 69.3 Å². The maximum Gasteiger partial charge on any atom is 0.161 e. The summed E-state index contributed by atoms with van der Waals surface area (Å²) in [5.41, 5.74) is 2.53. The van der Waals surface area contributed by atoms with Gasteiger partial charge in [0.05, 0.1) is 11.2 Å². The van der Waals surface area contributed by atoms with Crippen LogP contribution in [-0.2, 0) is 0 Å². The molecule has 0 saturated heterocycles. The zero-order chi connectivity index (χ0) is 14.2. The molecule has 108 valence electrons. The molecule has 1 aliphatic heterocycles. The number of aliphatic imine (C=N–C) groups is 1. The van der Waals surface area contributed by atoms with Crippen LogP contribution >= 0.6 is 43.6 Å². The molecule has 1 heterocycles. The van der Waals surface area contributed by atoms with Gasteiger partial charge < -0.3 is 5.32 Å². The number of aryl methyl sites for hydroxylation is 1. The van der Waals surface area contributed by atoms with Crippen molar-refractivity contribution in [2.45, 2.75) is 44.6 Å². The molecule has 2 nitrogen and oxygen atoms in total. The molecule has 1 aliphatic carbocycles. The minimum Gasteiger partial charge on any atom is -0.333 e. The fraction of sp³-hybridized carbons (Fsp3) is 0.533. The lowest BCUT2D eigenvalue weighted by Gasteiger charge is -2.29. The quantitative estimate of drug-likeness (QED) is 0.630. The molecule has 5 heteroatoms. The maximum atomic E-state index is 5.01. The molecule has 2 aliphatic rings. The largest absolute Gasteiger partial charge is 0.333 e. The van der Waals surface area contributed by atoms with E-state index >= 15 is 0 Å². The van der Waals surface area contributed by atoms with E-state index in [4.69, 9.17) is 4.99 Å². The van der Waals surface area contributed by atoms with Crippen molar-refractivity contribution in [3.05, 3.63) is 26.6 Å². The Morgan fingerprint density at radius 3 is 2.45 bits per heavy atom. The Bertz CT molecular complexity index is 528. The first-order valence-electron chi connectivity index (χ1n) is 7.03. The molecule has 1 spiro atoms. The SMILES string of the molecule is Cc1cc(Br)c(NC2=NC3(CCCCC3)CS2)c(Br)c1. The molecule has 1 N–H and O–H groups in total. The second-order valence-corrected chi connectivity index (χ2v) is 8.39. The van der Waals surface area contributed by atoms with Gasteiger partial charge in [0.15, 0.2) is 5.17 Å². The molecule has 1 aromatic carbocycles. The van der Waals surface area contributed by atoms with Gasteiger partial charge in [-0.1, -0.05) is 31.0 Å². The van der Waals surface area contributed by atoms with Gasteiger partial charge in [0, 0.05) is 14.7 Å². The Hall–Kier alpha value is -0.000000000000000111. The van der Waals surface area contributed by atoms with Crippen molar-refractivity contribution in [1.82, 2.24) is 0 Å². The molecule has 0 bridgehead atoms. The van der Waals surface area contributed by atoms with Gasteiger partial charge >= 0.3 is 0 Å². The molecule has 0 atom stereocenters.